The highest BCUT2D eigenvalue weighted by Gasteiger charge is 2.20. The molecular weight excluding hydrogens is 260 g/mol. The molecule has 0 saturated carbocycles. The number of hydrogen-bond donors (Lipinski definition) is 1. The summed E-state index contributed by atoms with van der Waals surface area (Å²) in [7, 11) is 1.50. The zero-order valence-electron chi connectivity index (χ0n) is 12.4. The number of rotatable bonds is 5. The average molecular weight is 282 g/mol. The molecule has 1 aromatic rings. The van der Waals surface area contributed by atoms with Crippen molar-refractivity contribution >= 4 is 17.6 Å². The Labute approximate surface area is 119 Å². The number of ether oxygens (including phenoxy) is 2. The van der Waals surface area contributed by atoms with Gasteiger partial charge >= 0.3 is 11.9 Å². The number of carbonyl (C=O) groups is 2. The van der Waals surface area contributed by atoms with Gasteiger partial charge in [-0.25, -0.2) is 9.59 Å². The van der Waals surface area contributed by atoms with Crippen LogP contribution in [0.1, 0.15) is 30.0 Å². The second kappa shape index (κ2) is 8.92. The fourth-order valence-electron chi connectivity index (χ4n) is 1.57. The quantitative estimate of drug-likeness (QED) is 0.655. The number of hydrogen-bond acceptors (Lipinski definition) is 5. The van der Waals surface area contributed by atoms with Crippen LogP contribution in [0.5, 0.6) is 0 Å². The van der Waals surface area contributed by atoms with E-state index in [2.05, 4.69) is 12.3 Å². The number of carbonyl (C=O) groups excluding carboxylic acids is 2. The van der Waals surface area contributed by atoms with Gasteiger partial charge in [-0.15, -0.1) is 0 Å². The van der Waals surface area contributed by atoms with E-state index in [-0.39, 0.29) is 24.6 Å². The Balaban J connectivity index is 0.00000172. The van der Waals surface area contributed by atoms with Crippen LogP contribution in [0, 0.1) is 6.92 Å². The minimum absolute atomic E-state index is 0.0994. The van der Waals surface area contributed by atoms with E-state index in [1.165, 1.54) is 11.6 Å². The summed E-state index contributed by atoms with van der Waals surface area (Å²) in [4.78, 5) is 23.4. The van der Waals surface area contributed by atoms with Crippen LogP contribution in [0.25, 0.3) is 5.70 Å². The van der Waals surface area contributed by atoms with Gasteiger partial charge in [-0.1, -0.05) is 6.58 Å². The summed E-state index contributed by atoms with van der Waals surface area (Å²) in [5.41, 5.74) is 5.59. The molecule has 1 aromatic heterocycles. The lowest BCUT2D eigenvalue weighted by Crippen LogP contribution is -2.18. The molecule has 6 nitrogen and oxygen atoms in total. The van der Waals surface area contributed by atoms with Gasteiger partial charge in [-0.3, -0.25) is 0 Å². The monoisotopic (exact) mass is 282 g/mol. The first-order valence-corrected chi connectivity index (χ1v) is 6.32. The molecule has 0 bridgehead atoms. The van der Waals surface area contributed by atoms with Crippen LogP contribution in [-0.2, 0) is 14.3 Å². The SMILES string of the molecule is C=C(C(=O)OCC)n1c(C)ccc1C(=O)OCC.CN. The lowest BCUT2D eigenvalue weighted by molar-refractivity contribution is -0.136. The molecule has 0 saturated heterocycles. The molecule has 1 rings (SSSR count). The van der Waals surface area contributed by atoms with Gasteiger partial charge in [0, 0.05) is 5.69 Å². The molecular formula is C14H22N2O4. The van der Waals surface area contributed by atoms with Crippen molar-refractivity contribution in [3.05, 3.63) is 30.1 Å². The Hall–Kier alpha value is -2.08. The van der Waals surface area contributed by atoms with Gasteiger partial charge in [0.1, 0.15) is 11.4 Å². The summed E-state index contributed by atoms with van der Waals surface area (Å²) in [6, 6.07) is 3.31. The van der Waals surface area contributed by atoms with E-state index in [4.69, 9.17) is 9.47 Å². The van der Waals surface area contributed by atoms with Crippen LogP contribution >= 0.6 is 0 Å². The smallest absolute Gasteiger partial charge is 0.355 e. The molecule has 0 fully saturated rings. The summed E-state index contributed by atoms with van der Waals surface area (Å²) < 4.78 is 11.2. The Morgan fingerprint density at radius 2 is 1.75 bits per heavy atom. The van der Waals surface area contributed by atoms with Gasteiger partial charge < -0.3 is 19.8 Å². The summed E-state index contributed by atoms with van der Waals surface area (Å²) in [6.45, 7) is 9.39. The maximum Gasteiger partial charge on any atom is 0.355 e. The van der Waals surface area contributed by atoms with Crippen molar-refractivity contribution in [2.75, 3.05) is 20.3 Å². The fourth-order valence-corrected chi connectivity index (χ4v) is 1.57. The van der Waals surface area contributed by atoms with Crippen LogP contribution in [0.4, 0.5) is 0 Å². The van der Waals surface area contributed by atoms with Crippen LogP contribution in [-0.4, -0.2) is 36.8 Å². The van der Waals surface area contributed by atoms with Gasteiger partial charge in [0.25, 0.3) is 0 Å². The topological polar surface area (TPSA) is 83.5 Å². The maximum atomic E-state index is 11.7. The van der Waals surface area contributed by atoms with Crippen LogP contribution in [0.3, 0.4) is 0 Å². The molecule has 0 atom stereocenters. The van der Waals surface area contributed by atoms with Crippen LogP contribution < -0.4 is 5.73 Å². The lowest BCUT2D eigenvalue weighted by atomic mass is 10.4. The molecule has 0 radical (unpaired) electrons. The highest BCUT2D eigenvalue weighted by molar-refractivity contribution is 6.10. The Morgan fingerprint density at radius 3 is 2.25 bits per heavy atom. The number of nitrogens with zero attached hydrogens (tertiary/aromatic N) is 1. The van der Waals surface area contributed by atoms with Crippen molar-refractivity contribution in [2.24, 2.45) is 5.73 Å². The molecule has 0 aliphatic carbocycles. The van der Waals surface area contributed by atoms with Gasteiger partial charge in [0.2, 0.25) is 0 Å². The summed E-state index contributed by atoms with van der Waals surface area (Å²) in [5, 5.41) is 0. The van der Waals surface area contributed by atoms with Gasteiger partial charge in [0.05, 0.1) is 13.2 Å². The molecule has 0 spiro atoms. The second-order valence-corrected chi connectivity index (χ2v) is 3.58. The second-order valence-electron chi connectivity index (χ2n) is 3.58. The fraction of sp³-hybridized carbons (Fsp3) is 0.429. The van der Waals surface area contributed by atoms with Gasteiger partial charge in [0.15, 0.2) is 0 Å². The number of nitrogens with two attached hydrogens (primary N) is 1. The molecule has 2 N–H and O–H groups in total. The Kier molecular flexibility index (Phi) is 8.00. The van der Waals surface area contributed by atoms with E-state index in [1.54, 1.807) is 32.9 Å². The summed E-state index contributed by atoms with van der Waals surface area (Å²) in [5.74, 6) is -1.04. The summed E-state index contributed by atoms with van der Waals surface area (Å²) >= 11 is 0. The molecule has 1 heterocycles. The molecule has 20 heavy (non-hydrogen) atoms. The van der Waals surface area contributed by atoms with E-state index in [1.807, 2.05) is 0 Å². The van der Waals surface area contributed by atoms with Crippen molar-refractivity contribution in [3.8, 4) is 0 Å². The number of aromatic nitrogens is 1. The summed E-state index contributed by atoms with van der Waals surface area (Å²) in [6.07, 6.45) is 0. The van der Waals surface area contributed by atoms with E-state index in [9.17, 15) is 9.59 Å². The van der Waals surface area contributed by atoms with Crippen molar-refractivity contribution in [2.45, 2.75) is 20.8 Å². The third kappa shape index (κ3) is 4.24. The largest absolute Gasteiger partial charge is 0.461 e. The van der Waals surface area contributed by atoms with E-state index in [0.29, 0.717) is 0 Å². The minimum atomic E-state index is -0.553. The van der Waals surface area contributed by atoms with Crippen LogP contribution in [0.15, 0.2) is 18.7 Å². The van der Waals surface area contributed by atoms with E-state index < -0.39 is 11.9 Å². The average Bonchev–Trinajstić information content (AvgIpc) is 2.82. The van der Waals surface area contributed by atoms with Crippen molar-refractivity contribution < 1.29 is 19.1 Å². The first-order chi connectivity index (χ1) is 9.52. The molecule has 112 valence electrons. The van der Waals surface area contributed by atoms with Gasteiger partial charge in [-0.05, 0) is 40.0 Å². The number of aryl methyl sites for hydroxylation is 1. The predicted molar refractivity (Wildman–Crippen MR) is 77.2 cm³/mol. The highest BCUT2D eigenvalue weighted by atomic mass is 16.5. The molecule has 0 amide bonds. The van der Waals surface area contributed by atoms with E-state index in [0.717, 1.165) is 5.69 Å². The zero-order valence-corrected chi connectivity index (χ0v) is 12.4. The molecule has 0 aliphatic rings. The predicted octanol–water partition coefficient (Wildman–Crippen LogP) is 1.58. The third-order valence-electron chi connectivity index (χ3n) is 2.34. The molecule has 0 aliphatic heterocycles. The minimum Gasteiger partial charge on any atom is -0.461 e. The first-order valence-electron chi connectivity index (χ1n) is 6.32. The van der Waals surface area contributed by atoms with Crippen molar-refractivity contribution in [1.82, 2.24) is 4.57 Å². The standard InChI is InChI=1S/C13H17NO4.CH5N/c1-5-17-12(15)10(4)14-9(3)7-8-11(14)13(16)18-6-2;1-2/h7-8H,4-6H2,1-3H3;2H2,1H3. The van der Waals surface area contributed by atoms with Gasteiger partial charge in [-0.2, -0.15) is 0 Å². The molecule has 6 heteroatoms. The lowest BCUT2D eigenvalue weighted by Gasteiger charge is -2.12. The Morgan fingerprint density at radius 1 is 1.20 bits per heavy atom. The Bertz CT molecular complexity index is 478. The van der Waals surface area contributed by atoms with Crippen LogP contribution in [0.2, 0.25) is 0 Å². The third-order valence-corrected chi connectivity index (χ3v) is 2.34. The highest BCUT2D eigenvalue weighted by Crippen LogP contribution is 2.16. The van der Waals surface area contributed by atoms with E-state index >= 15 is 0 Å². The zero-order chi connectivity index (χ0) is 15.7. The first kappa shape index (κ1) is 17.9. The van der Waals surface area contributed by atoms with Crippen molar-refractivity contribution in [1.29, 1.82) is 0 Å². The molecule has 0 aromatic carbocycles. The maximum absolute atomic E-state index is 11.7. The molecule has 0 unspecified atom stereocenters. The normalized spacial score (nSPS) is 9.25. The van der Waals surface area contributed by atoms with Crippen molar-refractivity contribution in [3.63, 3.8) is 0 Å². The number of esters is 2.